The summed E-state index contributed by atoms with van der Waals surface area (Å²) < 4.78 is 9.31. The molecule has 12 nitrogen and oxygen atoms in total. The minimum absolute atomic E-state index is 0.623. The third-order valence-electron chi connectivity index (χ3n) is 20.1. The van der Waals surface area contributed by atoms with E-state index in [1.807, 2.05) is 122 Å². The quantitative estimate of drug-likeness (QED) is 0.125. The van der Waals surface area contributed by atoms with Gasteiger partial charge in [-0.05, 0) is 168 Å². The average Bonchev–Trinajstić information content (AvgIpc) is 1.58. The summed E-state index contributed by atoms with van der Waals surface area (Å²) in [5, 5.41) is 7.00. The van der Waals surface area contributed by atoms with Crippen LogP contribution in [0.25, 0.3) is 189 Å². The summed E-state index contributed by atoms with van der Waals surface area (Å²) in [6.07, 6.45) is 7.38. The number of nitrogens with zero attached hydrogens (tertiary/aromatic N) is 12. The molecule has 0 unspecified atom stereocenters. The highest BCUT2D eigenvalue weighted by molar-refractivity contribution is 6.19. The van der Waals surface area contributed by atoms with Gasteiger partial charge in [0.25, 0.3) is 0 Å². The van der Waals surface area contributed by atoms with Crippen LogP contribution in [0.2, 0.25) is 0 Å². The van der Waals surface area contributed by atoms with Crippen LogP contribution in [0, 0.1) is 0 Å². The number of aromatic nitrogens is 12. The number of pyridine rings is 5. The Hall–Kier alpha value is -14.6. The van der Waals surface area contributed by atoms with Crippen LogP contribution in [0.1, 0.15) is 0 Å². The van der Waals surface area contributed by atoms with Gasteiger partial charge in [-0.25, -0.2) is 19.9 Å². The standard InChI is InChI=1S/C50H32N6.C44H28N6/c1-4-15-33(16-5-1)48-52-49(34-17-6-2-7-18-34)54-50(53-48)36-19-12-22-38(31-36)56-42-25-11-10-23-40(42)46-39(24-13-26-44(46)56)35-28-29-43-41(32-35)47-45(27-14-30-51-47)55(43)37-20-8-3-9-21-37;1-2-12-30(13-3-1)49-40-22-21-29(26-34(40)44-42(49)20-11-25-47-44)32-15-10-19-41-43(32)33-14-4-5-18-39(33)50(41)31-27-37(35-16-6-8-23-45-35)48-38(28-31)36-17-7-9-24-46-36/h1-32H;1-28H. The highest BCUT2D eigenvalue weighted by atomic mass is 15.0. The van der Waals surface area contributed by atoms with Gasteiger partial charge in [0.15, 0.2) is 17.5 Å². The number of rotatable bonds is 11. The van der Waals surface area contributed by atoms with Crippen LogP contribution in [0.15, 0.2) is 365 Å². The maximum absolute atomic E-state index is 5.04. The predicted molar refractivity (Wildman–Crippen MR) is 431 cm³/mol. The molecule has 21 rings (SSSR count). The fourth-order valence-corrected chi connectivity index (χ4v) is 15.5. The van der Waals surface area contributed by atoms with Crippen molar-refractivity contribution in [1.82, 2.24) is 58.1 Å². The van der Waals surface area contributed by atoms with Gasteiger partial charge in [0.2, 0.25) is 0 Å². The molecule has 0 amide bonds. The number of hydrogen-bond acceptors (Lipinski definition) is 8. The van der Waals surface area contributed by atoms with Gasteiger partial charge in [0, 0.05) is 90.9 Å². The van der Waals surface area contributed by atoms with Gasteiger partial charge in [-0.3, -0.25) is 19.9 Å². The molecule has 0 saturated heterocycles. The van der Waals surface area contributed by atoms with Crippen molar-refractivity contribution in [3.05, 3.63) is 365 Å². The molecule has 0 aliphatic rings. The van der Waals surface area contributed by atoms with Gasteiger partial charge in [-0.2, -0.15) is 0 Å². The van der Waals surface area contributed by atoms with Crippen LogP contribution in [-0.2, 0) is 0 Å². The summed E-state index contributed by atoms with van der Waals surface area (Å²) in [5.74, 6) is 1.90. The summed E-state index contributed by atoms with van der Waals surface area (Å²) in [5.41, 5.74) is 25.8. The average molecular weight is 1360 g/mol. The van der Waals surface area contributed by atoms with Gasteiger partial charge in [0.05, 0.1) is 83.6 Å². The number of fused-ring (bicyclic) bond motifs is 12. The van der Waals surface area contributed by atoms with E-state index in [1.165, 1.54) is 32.7 Å². The Bertz CT molecular complexity index is 6820. The van der Waals surface area contributed by atoms with Gasteiger partial charge in [0.1, 0.15) is 0 Å². The predicted octanol–water partition coefficient (Wildman–Crippen LogP) is 22.6. The van der Waals surface area contributed by atoms with Crippen molar-refractivity contribution in [2.24, 2.45) is 0 Å². The normalized spacial score (nSPS) is 11.6. The van der Waals surface area contributed by atoms with E-state index in [0.717, 1.165) is 139 Å². The first-order chi connectivity index (χ1) is 52.6. The Morgan fingerprint density at radius 1 is 0.189 bits per heavy atom. The Kier molecular flexibility index (Phi) is 14.9. The van der Waals surface area contributed by atoms with E-state index >= 15 is 0 Å². The van der Waals surface area contributed by atoms with Crippen LogP contribution in [0.5, 0.6) is 0 Å². The highest BCUT2D eigenvalue weighted by Crippen LogP contribution is 2.44. The summed E-state index contributed by atoms with van der Waals surface area (Å²) in [6.45, 7) is 0. The Labute approximate surface area is 608 Å². The molecule has 12 heteroatoms. The zero-order valence-electron chi connectivity index (χ0n) is 57.0. The Balaban J connectivity index is 0.000000141. The van der Waals surface area contributed by atoms with E-state index < -0.39 is 0 Å². The molecule has 496 valence electrons. The first kappa shape index (κ1) is 61.3. The minimum atomic E-state index is 0.623. The fraction of sp³-hybridized carbons (Fsp3) is 0. The molecule has 0 bridgehead atoms. The molecular weight excluding hydrogens is 1300 g/mol. The third kappa shape index (κ3) is 10.5. The smallest absolute Gasteiger partial charge is 0.164 e. The lowest BCUT2D eigenvalue weighted by Crippen LogP contribution is -2.01. The van der Waals surface area contributed by atoms with E-state index in [2.05, 4.69) is 259 Å². The Morgan fingerprint density at radius 2 is 0.557 bits per heavy atom. The maximum Gasteiger partial charge on any atom is 0.164 e. The van der Waals surface area contributed by atoms with Gasteiger partial charge in [-0.15, -0.1) is 0 Å². The lowest BCUT2D eigenvalue weighted by Gasteiger charge is -2.13. The first-order valence-corrected chi connectivity index (χ1v) is 35.4. The van der Waals surface area contributed by atoms with Gasteiger partial charge in [-0.1, -0.05) is 194 Å². The lowest BCUT2D eigenvalue weighted by atomic mass is 9.98. The summed E-state index contributed by atoms with van der Waals surface area (Å²) >= 11 is 0. The fourth-order valence-electron chi connectivity index (χ4n) is 15.5. The molecular formula is C94H60N12. The van der Waals surface area contributed by atoms with Gasteiger partial charge >= 0.3 is 0 Å². The Morgan fingerprint density at radius 3 is 1.04 bits per heavy atom. The second-order valence-electron chi connectivity index (χ2n) is 26.3. The summed E-state index contributed by atoms with van der Waals surface area (Å²) in [6, 6.07) is 118. The number of benzene rings is 11. The van der Waals surface area contributed by atoms with Crippen LogP contribution >= 0.6 is 0 Å². The molecule has 11 aromatic carbocycles. The molecule has 0 N–H and O–H groups in total. The van der Waals surface area contributed by atoms with E-state index in [1.54, 1.807) is 12.4 Å². The largest absolute Gasteiger partial charge is 0.309 e. The molecule has 0 spiro atoms. The number of hydrogen-bond donors (Lipinski definition) is 0. The molecule has 0 fully saturated rings. The van der Waals surface area contributed by atoms with Crippen molar-refractivity contribution in [3.63, 3.8) is 0 Å². The maximum atomic E-state index is 5.04. The van der Waals surface area contributed by atoms with Crippen molar-refractivity contribution in [2.75, 3.05) is 0 Å². The van der Waals surface area contributed by atoms with E-state index in [4.69, 9.17) is 29.9 Å². The first-order valence-electron chi connectivity index (χ1n) is 35.4. The zero-order valence-corrected chi connectivity index (χ0v) is 57.0. The highest BCUT2D eigenvalue weighted by Gasteiger charge is 2.24. The van der Waals surface area contributed by atoms with E-state index in [0.29, 0.717) is 17.5 Å². The second kappa shape index (κ2) is 25.8. The SMILES string of the molecule is c1ccc(-c2nc(-c3ccccc3)nc(-c3cccc(-n4c5ccccc5c5c(-c6ccc7c(c6)c6ncccc6n7-c6ccccc6)cccc54)c3)n2)cc1.c1ccc(-n2c3ccc(-c4cccc5c4c4ccccc4n5-c4cc(-c5ccccn5)nc(-c5ccccn5)c4)cc3c3ncccc32)cc1. The van der Waals surface area contributed by atoms with Crippen molar-refractivity contribution in [1.29, 1.82) is 0 Å². The van der Waals surface area contributed by atoms with Crippen LogP contribution < -0.4 is 0 Å². The third-order valence-corrected chi connectivity index (χ3v) is 20.1. The van der Waals surface area contributed by atoms with Crippen molar-refractivity contribution < 1.29 is 0 Å². The summed E-state index contributed by atoms with van der Waals surface area (Å²) in [7, 11) is 0. The molecule has 21 aromatic rings. The summed E-state index contributed by atoms with van der Waals surface area (Å²) in [4.78, 5) is 39.1. The zero-order chi connectivity index (χ0) is 70.0. The van der Waals surface area contributed by atoms with Gasteiger partial charge < -0.3 is 18.3 Å². The topological polar surface area (TPSA) is 123 Å². The van der Waals surface area contributed by atoms with Crippen LogP contribution in [0.4, 0.5) is 0 Å². The lowest BCUT2D eigenvalue weighted by molar-refractivity contribution is 1.07. The van der Waals surface area contributed by atoms with E-state index in [-0.39, 0.29) is 0 Å². The molecule has 0 atom stereocenters. The van der Waals surface area contributed by atoms with Crippen molar-refractivity contribution in [3.8, 4) is 102 Å². The van der Waals surface area contributed by atoms with Crippen LogP contribution in [-0.4, -0.2) is 58.1 Å². The van der Waals surface area contributed by atoms with Crippen molar-refractivity contribution in [2.45, 2.75) is 0 Å². The molecule has 0 radical (unpaired) electrons. The molecule has 10 heterocycles. The second-order valence-corrected chi connectivity index (χ2v) is 26.3. The molecule has 10 aromatic heterocycles. The molecule has 0 aliphatic heterocycles. The van der Waals surface area contributed by atoms with Crippen LogP contribution in [0.3, 0.4) is 0 Å². The van der Waals surface area contributed by atoms with E-state index in [9.17, 15) is 0 Å². The molecule has 0 aliphatic carbocycles. The molecule has 0 saturated carbocycles. The van der Waals surface area contributed by atoms with Crippen molar-refractivity contribution >= 4 is 87.5 Å². The number of para-hydroxylation sites is 4. The minimum Gasteiger partial charge on any atom is -0.309 e. The molecule has 106 heavy (non-hydrogen) atoms. The monoisotopic (exact) mass is 1360 g/mol.